The quantitative estimate of drug-likeness (QED) is 0.294. The molecular formula is C32H36N4O. The third-order valence-corrected chi connectivity index (χ3v) is 7.56. The molecule has 1 aliphatic rings. The monoisotopic (exact) mass is 492 g/mol. The van der Waals surface area contributed by atoms with Crippen molar-refractivity contribution in [2.75, 3.05) is 19.6 Å². The molecule has 3 aromatic carbocycles. The minimum Gasteiger partial charge on any atom is -0.340 e. The van der Waals surface area contributed by atoms with E-state index in [1.54, 1.807) is 0 Å². The van der Waals surface area contributed by atoms with Crippen LogP contribution < -0.4 is 0 Å². The van der Waals surface area contributed by atoms with Crippen LogP contribution in [0.4, 0.5) is 0 Å². The van der Waals surface area contributed by atoms with Gasteiger partial charge in [0.25, 0.3) is 0 Å². The van der Waals surface area contributed by atoms with Crippen LogP contribution in [0.15, 0.2) is 84.9 Å². The Hall–Kier alpha value is -3.70. The number of aryl methyl sites for hydroxylation is 1. The summed E-state index contributed by atoms with van der Waals surface area (Å²) in [4.78, 5) is 26.9. The summed E-state index contributed by atoms with van der Waals surface area (Å²) in [5.74, 6) is 1.05. The zero-order valence-electron chi connectivity index (χ0n) is 22.0. The predicted molar refractivity (Wildman–Crippen MR) is 150 cm³/mol. The van der Waals surface area contributed by atoms with Crippen LogP contribution in [0.25, 0.3) is 22.4 Å². The van der Waals surface area contributed by atoms with Gasteiger partial charge in [0.2, 0.25) is 5.91 Å². The number of amides is 1. The molecule has 4 aromatic rings. The molecule has 5 heteroatoms. The highest BCUT2D eigenvalue weighted by molar-refractivity contribution is 5.84. The lowest BCUT2D eigenvalue weighted by Gasteiger charge is -2.34. The molecule has 0 aliphatic carbocycles. The highest BCUT2D eigenvalue weighted by Gasteiger charge is 2.38. The van der Waals surface area contributed by atoms with Gasteiger partial charge in [-0.3, -0.25) is 9.69 Å². The summed E-state index contributed by atoms with van der Waals surface area (Å²) in [5.41, 5.74) is 6.55. The van der Waals surface area contributed by atoms with Gasteiger partial charge in [-0.15, -0.1) is 0 Å². The van der Waals surface area contributed by atoms with Crippen LogP contribution in [-0.2, 0) is 4.79 Å². The third kappa shape index (κ3) is 5.09. The number of aromatic amines is 1. The molecule has 1 N–H and O–H groups in total. The Morgan fingerprint density at radius 3 is 2.16 bits per heavy atom. The van der Waals surface area contributed by atoms with Crippen molar-refractivity contribution in [1.29, 1.82) is 0 Å². The molecule has 1 aromatic heterocycles. The van der Waals surface area contributed by atoms with E-state index in [0.717, 1.165) is 60.8 Å². The van der Waals surface area contributed by atoms with Gasteiger partial charge in [0.05, 0.1) is 17.4 Å². The molecule has 5 rings (SSSR count). The fourth-order valence-electron chi connectivity index (χ4n) is 5.59. The number of H-pyrrole nitrogens is 1. The normalized spacial score (nSPS) is 16.3. The molecule has 0 radical (unpaired) electrons. The van der Waals surface area contributed by atoms with Gasteiger partial charge in [-0.25, -0.2) is 4.98 Å². The van der Waals surface area contributed by atoms with Gasteiger partial charge in [-0.2, -0.15) is 0 Å². The second-order valence-corrected chi connectivity index (χ2v) is 9.75. The maximum absolute atomic E-state index is 14.1. The Bertz CT molecular complexity index is 1310. The summed E-state index contributed by atoms with van der Waals surface area (Å²) in [6.45, 7) is 8.70. The fraction of sp³-hybridized carbons (Fsp3) is 0.312. The van der Waals surface area contributed by atoms with Gasteiger partial charge in [0, 0.05) is 6.54 Å². The largest absolute Gasteiger partial charge is 0.340 e. The number of rotatable bonds is 8. The lowest BCUT2D eigenvalue weighted by Crippen LogP contribution is -2.43. The smallest absolute Gasteiger partial charge is 0.245 e. The maximum Gasteiger partial charge on any atom is 0.245 e. The van der Waals surface area contributed by atoms with Crippen LogP contribution >= 0.6 is 0 Å². The molecule has 2 heterocycles. The van der Waals surface area contributed by atoms with E-state index in [0.29, 0.717) is 0 Å². The van der Waals surface area contributed by atoms with E-state index in [1.807, 2.05) is 31.2 Å². The third-order valence-electron chi connectivity index (χ3n) is 7.56. The minimum absolute atomic E-state index is 0.0367. The topological polar surface area (TPSA) is 52.2 Å². The Morgan fingerprint density at radius 1 is 0.919 bits per heavy atom. The molecule has 0 bridgehead atoms. The van der Waals surface area contributed by atoms with Crippen molar-refractivity contribution in [2.24, 2.45) is 0 Å². The molecule has 2 atom stereocenters. The summed E-state index contributed by atoms with van der Waals surface area (Å²) < 4.78 is 0. The van der Waals surface area contributed by atoms with Gasteiger partial charge in [-0.1, -0.05) is 98.8 Å². The number of likely N-dealkylation sites (tertiary alicyclic amines) is 1. The second-order valence-electron chi connectivity index (χ2n) is 9.75. The van der Waals surface area contributed by atoms with Gasteiger partial charge >= 0.3 is 0 Å². The summed E-state index contributed by atoms with van der Waals surface area (Å²) in [6, 6.07) is 28.9. The Balaban J connectivity index is 1.41. The van der Waals surface area contributed by atoms with Crippen molar-refractivity contribution in [3.05, 3.63) is 102 Å². The molecule has 190 valence electrons. The van der Waals surface area contributed by atoms with E-state index in [1.165, 1.54) is 11.1 Å². The zero-order chi connectivity index (χ0) is 25.8. The summed E-state index contributed by atoms with van der Waals surface area (Å²) in [7, 11) is 0. The lowest BCUT2D eigenvalue weighted by atomic mass is 10.0. The lowest BCUT2D eigenvalue weighted by molar-refractivity contribution is -0.138. The molecule has 1 saturated heterocycles. The van der Waals surface area contributed by atoms with Gasteiger partial charge in [-0.05, 0) is 55.1 Å². The van der Waals surface area contributed by atoms with E-state index < -0.39 is 0 Å². The number of likely N-dealkylation sites (N-methyl/N-ethyl adjacent to an activating group) is 1. The van der Waals surface area contributed by atoms with Crippen molar-refractivity contribution >= 4 is 5.91 Å². The highest BCUT2D eigenvalue weighted by Crippen LogP contribution is 2.36. The number of carbonyl (C=O) groups is 1. The Morgan fingerprint density at radius 2 is 1.51 bits per heavy atom. The molecule has 1 fully saturated rings. The van der Waals surface area contributed by atoms with Crippen LogP contribution in [-0.4, -0.2) is 45.3 Å². The van der Waals surface area contributed by atoms with E-state index in [2.05, 4.69) is 89.3 Å². The second kappa shape index (κ2) is 11.1. The van der Waals surface area contributed by atoms with Gasteiger partial charge in [0.15, 0.2) is 0 Å². The van der Waals surface area contributed by atoms with Gasteiger partial charge < -0.3 is 9.88 Å². The zero-order valence-corrected chi connectivity index (χ0v) is 22.0. The molecule has 0 spiro atoms. The minimum atomic E-state index is -0.280. The number of hydrogen-bond acceptors (Lipinski definition) is 3. The number of imidazole rings is 1. The Kier molecular flexibility index (Phi) is 7.52. The highest BCUT2D eigenvalue weighted by atomic mass is 16.2. The van der Waals surface area contributed by atoms with Crippen LogP contribution in [0.5, 0.6) is 0 Å². The maximum atomic E-state index is 14.1. The first-order valence-corrected chi connectivity index (χ1v) is 13.4. The summed E-state index contributed by atoms with van der Waals surface area (Å²) >= 11 is 0. The first kappa shape index (κ1) is 25.0. The average Bonchev–Trinajstić information content (AvgIpc) is 3.59. The van der Waals surface area contributed by atoms with Crippen LogP contribution in [0, 0.1) is 6.92 Å². The Labute approximate surface area is 220 Å². The van der Waals surface area contributed by atoms with E-state index in [9.17, 15) is 4.79 Å². The molecule has 1 aliphatic heterocycles. The van der Waals surface area contributed by atoms with Crippen LogP contribution in [0.2, 0.25) is 0 Å². The number of aromatic nitrogens is 2. The first-order chi connectivity index (χ1) is 18.1. The SMILES string of the molecule is CCN(CC)[C@@H](C(=O)N1CCC[C@H]1c1nc(C)c(-c2ccc(-c3ccccc3)cc2)[nH]1)c1ccccc1. The number of benzene rings is 3. The predicted octanol–water partition coefficient (Wildman–Crippen LogP) is 6.80. The van der Waals surface area contributed by atoms with Gasteiger partial charge in [0.1, 0.15) is 11.9 Å². The molecule has 5 nitrogen and oxygen atoms in total. The number of nitrogens with zero attached hydrogens (tertiary/aromatic N) is 3. The molecule has 0 unspecified atom stereocenters. The van der Waals surface area contributed by atoms with Crippen molar-refractivity contribution in [3.8, 4) is 22.4 Å². The number of nitrogens with one attached hydrogen (secondary N) is 1. The number of hydrogen-bond donors (Lipinski definition) is 1. The summed E-state index contributed by atoms with van der Waals surface area (Å²) in [6.07, 6.45) is 1.90. The van der Waals surface area contributed by atoms with Crippen molar-refractivity contribution in [1.82, 2.24) is 19.8 Å². The van der Waals surface area contributed by atoms with Crippen LogP contribution in [0.1, 0.15) is 55.9 Å². The van der Waals surface area contributed by atoms with Crippen molar-refractivity contribution in [3.63, 3.8) is 0 Å². The van der Waals surface area contributed by atoms with Crippen molar-refractivity contribution in [2.45, 2.75) is 45.7 Å². The summed E-state index contributed by atoms with van der Waals surface area (Å²) in [5, 5.41) is 0. The van der Waals surface area contributed by atoms with Crippen LogP contribution in [0.3, 0.4) is 0 Å². The fourth-order valence-corrected chi connectivity index (χ4v) is 5.59. The van der Waals surface area contributed by atoms with Crippen molar-refractivity contribution < 1.29 is 4.79 Å². The van der Waals surface area contributed by atoms with E-state index >= 15 is 0 Å². The average molecular weight is 493 g/mol. The molecular weight excluding hydrogens is 456 g/mol. The first-order valence-electron chi connectivity index (χ1n) is 13.4. The number of carbonyl (C=O) groups excluding carboxylic acids is 1. The molecule has 1 amide bonds. The molecule has 0 saturated carbocycles. The molecule has 37 heavy (non-hydrogen) atoms. The van der Waals surface area contributed by atoms with E-state index in [4.69, 9.17) is 4.98 Å². The van der Waals surface area contributed by atoms with E-state index in [-0.39, 0.29) is 18.0 Å². The standard InChI is InChI=1S/C32H36N4O/c1-4-35(5-2)30(27-15-10-7-11-16-27)32(37)36-22-12-17-28(36)31-33-23(3)29(34-31)26-20-18-25(19-21-26)24-13-8-6-9-14-24/h6-11,13-16,18-21,28,30H,4-5,12,17,22H2,1-3H3,(H,33,34)/t28-,30+/m0/s1.